The second kappa shape index (κ2) is 8.28. The van der Waals surface area contributed by atoms with E-state index in [0.29, 0.717) is 24.3 Å². The van der Waals surface area contributed by atoms with Gasteiger partial charge in [-0.25, -0.2) is 0 Å². The summed E-state index contributed by atoms with van der Waals surface area (Å²) in [4.78, 5) is 0. The lowest BCUT2D eigenvalue weighted by molar-refractivity contribution is -0.137. The first-order valence-electron chi connectivity index (χ1n) is 10.4. The molecule has 2 aliphatic rings. The first kappa shape index (κ1) is 21.3. The molecule has 0 spiro atoms. The number of rotatable bonds is 4. The van der Waals surface area contributed by atoms with Crippen LogP contribution in [0.5, 0.6) is 0 Å². The Bertz CT molecular complexity index is 849. The Hall–Kier alpha value is -1.97. The number of halogens is 3. The fourth-order valence-electron chi connectivity index (χ4n) is 4.54. The van der Waals surface area contributed by atoms with Gasteiger partial charge in [0, 0.05) is 32.2 Å². The maximum absolute atomic E-state index is 12.9. The first-order chi connectivity index (χ1) is 14.2. The van der Waals surface area contributed by atoms with Gasteiger partial charge in [-0.2, -0.15) is 13.2 Å². The Kier molecular flexibility index (Phi) is 5.87. The fourth-order valence-corrected chi connectivity index (χ4v) is 4.54. The van der Waals surface area contributed by atoms with Crippen molar-refractivity contribution >= 4 is 0 Å². The highest BCUT2D eigenvalue weighted by Crippen LogP contribution is 2.40. The minimum atomic E-state index is -4.39. The Morgan fingerprint density at radius 2 is 1.90 bits per heavy atom. The molecule has 30 heavy (non-hydrogen) atoms. The lowest BCUT2D eigenvalue weighted by Crippen LogP contribution is -2.47. The molecule has 0 bridgehead atoms. The van der Waals surface area contributed by atoms with Gasteiger partial charge in [0.2, 0.25) is 0 Å². The van der Waals surface area contributed by atoms with Crippen molar-refractivity contribution in [2.45, 2.75) is 63.0 Å². The van der Waals surface area contributed by atoms with Crippen LogP contribution in [0, 0.1) is 5.92 Å². The maximum atomic E-state index is 12.9. The largest absolute Gasteiger partial charge is 0.416 e. The zero-order valence-corrected chi connectivity index (χ0v) is 16.9. The van der Waals surface area contributed by atoms with Gasteiger partial charge in [0.25, 0.3) is 0 Å². The van der Waals surface area contributed by atoms with Crippen molar-refractivity contribution < 1.29 is 23.0 Å². The Labute approximate surface area is 173 Å². The third-order valence-electron chi connectivity index (χ3n) is 6.12. The molecule has 3 heterocycles. The molecule has 3 atom stereocenters. The minimum absolute atomic E-state index is 0.0308. The van der Waals surface area contributed by atoms with Gasteiger partial charge in [0.1, 0.15) is 0 Å². The van der Waals surface area contributed by atoms with Gasteiger partial charge in [-0.3, -0.25) is 4.68 Å². The van der Waals surface area contributed by atoms with Crippen LogP contribution in [0.3, 0.4) is 0 Å². The van der Waals surface area contributed by atoms with Crippen molar-refractivity contribution in [3.05, 3.63) is 47.3 Å². The summed E-state index contributed by atoms with van der Waals surface area (Å²) in [5.41, 5.74) is -0.726. The third-order valence-corrected chi connectivity index (χ3v) is 6.12. The van der Waals surface area contributed by atoms with E-state index in [2.05, 4.69) is 15.6 Å². The number of ether oxygens (including phenoxy) is 1. The molecule has 0 amide bonds. The molecule has 1 unspecified atom stereocenters. The summed E-state index contributed by atoms with van der Waals surface area (Å²) >= 11 is 0. The molecule has 0 aliphatic carbocycles. The highest BCUT2D eigenvalue weighted by molar-refractivity contribution is 5.30. The van der Waals surface area contributed by atoms with E-state index >= 15 is 0 Å². The SMILES string of the molecule is C[C@H]1CC(O)(c2ccc(C(F)(F)F)cc2)C[C@@H](c2cn(CC3CCOCC3)nn2)N1. The van der Waals surface area contributed by atoms with Gasteiger partial charge in [0.05, 0.1) is 29.1 Å². The molecule has 0 radical (unpaired) electrons. The summed E-state index contributed by atoms with van der Waals surface area (Å²) in [5.74, 6) is 0.510. The molecule has 164 valence electrons. The summed E-state index contributed by atoms with van der Waals surface area (Å²) in [6.45, 7) is 4.28. The van der Waals surface area contributed by atoms with Crippen LogP contribution in [0.4, 0.5) is 13.2 Å². The van der Waals surface area contributed by atoms with Crippen molar-refractivity contribution in [3.63, 3.8) is 0 Å². The van der Waals surface area contributed by atoms with E-state index in [9.17, 15) is 18.3 Å². The number of aromatic nitrogens is 3. The summed E-state index contributed by atoms with van der Waals surface area (Å²) in [6, 6.07) is 4.54. The normalized spacial score (nSPS) is 28.6. The van der Waals surface area contributed by atoms with Crippen LogP contribution in [0.2, 0.25) is 0 Å². The van der Waals surface area contributed by atoms with E-state index in [0.717, 1.165) is 50.4 Å². The van der Waals surface area contributed by atoms with Crippen LogP contribution in [0.25, 0.3) is 0 Å². The predicted octanol–water partition coefficient (Wildman–Crippen LogP) is 3.42. The van der Waals surface area contributed by atoms with E-state index in [1.807, 2.05) is 17.8 Å². The van der Waals surface area contributed by atoms with Crippen LogP contribution in [-0.4, -0.2) is 39.4 Å². The highest BCUT2D eigenvalue weighted by Gasteiger charge is 2.41. The summed E-state index contributed by atoms with van der Waals surface area (Å²) in [7, 11) is 0. The lowest BCUT2D eigenvalue weighted by Gasteiger charge is -2.40. The molecule has 2 N–H and O–H groups in total. The van der Waals surface area contributed by atoms with Crippen molar-refractivity contribution in [3.8, 4) is 0 Å². The molecular formula is C21H27F3N4O2. The Morgan fingerprint density at radius 3 is 2.57 bits per heavy atom. The molecule has 2 saturated heterocycles. The Morgan fingerprint density at radius 1 is 1.20 bits per heavy atom. The second-order valence-corrected chi connectivity index (χ2v) is 8.56. The maximum Gasteiger partial charge on any atom is 0.416 e. The van der Waals surface area contributed by atoms with Gasteiger partial charge >= 0.3 is 6.18 Å². The number of alkyl halides is 3. The van der Waals surface area contributed by atoms with Crippen molar-refractivity contribution in [1.82, 2.24) is 20.3 Å². The van der Waals surface area contributed by atoms with Crippen LogP contribution in [0.15, 0.2) is 30.5 Å². The first-order valence-corrected chi connectivity index (χ1v) is 10.4. The number of piperidine rings is 1. The van der Waals surface area contributed by atoms with Crippen molar-refractivity contribution in [2.75, 3.05) is 13.2 Å². The van der Waals surface area contributed by atoms with Crippen molar-refractivity contribution in [2.24, 2.45) is 5.92 Å². The smallest absolute Gasteiger partial charge is 0.385 e. The topological polar surface area (TPSA) is 72.2 Å². The molecule has 0 saturated carbocycles. The zero-order valence-electron chi connectivity index (χ0n) is 16.9. The second-order valence-electron chi connectivity index (χ2n) is 8.56. The van der Waals surface area contributed by atoms with E-state index in [1.54, 1.807) is 0 Å². The van der Waals surface area contributed by atoms with E-state index in [-0.39, 0.29) is 12.1 Å². The standard InChI is InChI=1S/C21H27F3N4O2/c1-14-10-20(29,16-2-4-17(5-3-16)21(22,23)24)11-18(25-14)19-13-28(27-26-19)12-15-6-8-30-9-7-15/h2-5,13-15,18,25,29H,6-12H2,1H3/t14-,18-,20?/m0/s1. The molecule has 2 fully saturated rings. The van der Waals surface area contributed by atoms with E-state index in [4.69, 9.17) is 4.74 Å². The van der Waals surface area contributed by atoms with Crippen molar-refractivity contribution in [1.29, 1.82) is 0 Å². The molecular weight excluding hydrogens is 397 g/mol. The number of benzene rings is 1. The molecule has 4 rings (SSSR count). The fraction of sp³-hybridized carbons (Fsp3) is 0.619. The predicted molar refractivity (Wildman–Crippen MR) is 103 cm³/mol. The highest BCUT2D eigenvalue weighted by atomic mass is 19.4. The molecule has 2 aliphatic heterocycles. The van der Waals surface area contributed by atoms with Gasteiger partial charge in [-0.05, 0) is 49.8 Å². The Balaban J connectivity index is 1.49. The summed E-state index contributed by atoms with van der Waals surface area (Å²) in [5, 5.41) is 23.3. The number of nitrogens with zero attached hydrogens (tertiary/aromatic N) is 3. The van der Waals surface area contributed by atoms with E-state index in [1.165, 1.54) is 12.1 Å². The lowest BCUT2D eigenvalue weighted by atomic mass is 9.78. The molecule has 6 nitrogen and oxygen atoms in total. The average Bonchev–Trinajstić information content (AvgIpc) is 3.16. The summed E-state index contributed by atoms with van der Waals surface area (Å²) < 4.78 is 45.9. The monoisotopic (exact) mass is 424 g/mol. The van der Waals surface area contributed by atoms with Gasteiger partial charge in [-0.1, -0.05) is 17.3 Å². The van der Waals surface area contributed by atoms with E-state index < -0.39 is 17.3 Å². The van der Waals surface area contributed by atoms with Crippen LogP contribution < -0.4 is 5.32 Å². The quantitative estimate of drug-likeness (QED) is 0.787. The minimum Gasteiger partial charge on any atom is -0.385 e. The van der Waals surface area contributed by atoms with Crippen LogP contribution >= 0.6 is 0 Å². The van der Waals surface area contributed by atoms with Gasteiger partial charge in [0.15, 0.2) is 0 Å². The molecule has 9 heteroatoms. The third kappa shape index (κ3) is 4.68. The number of hydrogen-bond donors (Lipinski definition) is 2. The number of aliphatic hydroxyl groups is 1. The zero-order chi connectivity index (χ0) is 21.4. The summed E-state index contributed by atoms with van der Waals surface area (Å²) in [6.07, 6.45) is 0.235. The molecule has 2 aromatic rings. The molecule has 1 aromatic heterocycles. The molecule has 1 aromatic carbocycles. The van der Waals surface area contributed by atoms with Gasteiger partial charge < -0.3 is 15.2 Å². The van der Waals surface area contributed by atoms with Gasteiger partial charge in [-0.15, -0.1) is 5.10 Å². The van der Waals surface area contributed by atoms with Crippen LogP contribution in [-0.2, 0) is 23.1 Å². The number of nitrogens with one attached hydrogen (secondary N) is 1. The average molecular weight is 424 g/mol. The van der Waals surface area contributed by atoms with Crippen LogP contribution in [0.1, 0.15) is 55.5 Å². The number of hydrogen-bond acceptors (Lipinski definition) is 5.